The third-order valence-electron chi connectivity index (χ3n) is 1.96. The predicted molar refractivity (Wildman–Crippen MR) is 57.1 cm³/mol. The Balaban J connectivity index is 4.43. The van der Waals surface area contributed by atoms with Crippen molar-refractivity contribution < 1.29 is 28.7 Å². The van der Waals surface area contributed by atoms with Crippen molar-refractivity contribution in [2.45, 2.75) is 26.7 Å². The first-order chi connectivity index (χ1) is 8.04. The van der Waals surface area contributed by atoms with Gasteiger partial charge >= 0.3 is 11.9 Å². The maximum absolute atomic E-state index is 11.2. The Morgan fingerprint density at radius 2 is 1.41 bits per heavy atom. The summed E-state index contributed by atoms with van der Waals surface area (Å²) < 4.78 is 9.30. The molecule has 0 fully saturated rings. The first kappa shape index (κ1) is 15.3. The molecule has 0 radical (unpaired) electrons. The van der Waals surface area contributed by atoms with Crippen LogP contribution in [-0.2, 0) is 28.7 Å². The Morgan fingerprint density at radius 1 is 1.00 bits per heavy atom. The summed E-state index contributed by atoms with van der Waals surface area (Å²) in [7, 11) is 0. The average Bonchev–Trinajstić information content (AvgIpc) is 2.27. The van der Waals surface area contributed by atoms with E-state index in [2.05, 4.69) is 9.47 Å². The van der Waals surface area contributed by atoms with E-state index in [9.17, 15) is 19.2 Å². The van der Waals surface area contributed by atoms with Gasteiger partial charge < -0.3 is 9.47 Å². The number of carbonyl (C=O) groups excluding carboxylic acids is 4. The number of aldehydes is 1. The molecule has 0 aromatic carbocycles. The summed E-state index contributed by atoms with van der Waals surface area (Å²) in [6.45, 7) is 3.61. The molecule has 0 N–H and O–H groups in total. The second-order valence-electron chi connectivity index (χ2n) is 3.24. The van der Waals surface area contributed by atoms with Gasteiger partial charge in [0.15, 0.2) is 12.1 Å². The minimum Gasteiger partial charge on any atom is -0.466 e. The number of hydrogen-bond donors (Lipinski definition) is 0. The molecule has 17 heavy (non-hydrogen) atoms. The smallest absolute Gasteiger partial charge is 0.306 e. The van der Waals surface area contributed by atoms with Gasteiger partial charge in [-0.05, 0) is 13.8 Å². The van der Waals surface area contributed by atoms with Gasteiger partial charge in [0.05, 0.1) is 26.1 Å². The maximum Gasteiger partial charge on any atom is 0.306 e. The van der Waals surface area contributed by atoms with Crippen molar-refractivity contribution in [3.8, 4) is 0 Å². The summed E-state index contributed by atoms with van der Waals surface area (Å²) in [5.74, 6) is -3.02. The van der Waals surface area contributed by atoms with Crippen LogP contribution in [-0.4, -0.2) is 37.2 Å². The van der Waals surface area contributed by atoms with Crippen LogP contribution in [0.15, 0.2) is 0 Å². The van der Waals surface area contributed by atoms with Gasteiger partial charge in [-0.15, -0.1) is 0 Å². The second kappa shape index (κ2) is 8.43. The van der Waals surface area contributed by atoms with Crippen molar-refractivity contribution in [1.29, 1.82) is 0 Å². The van der Waals surface area contributed by atoms with Crippen molar-refractivity contribution in [3.05, 3.63) is 0 Å². The molecule has 0 unspecified atom stereocenters. The van der Waals surface area contributed by atoms with Crippen molar-refractivity contribution in [3.63, 3.8) is 0 Å². The van der Waals surface area contributed by atoms with E-state index in [4.69, 9.17) is 0 Å². The molecule has 0 spiro atoms. The van der Waals surface area contributed by atoms with Crippen molar-refractivity contribution in [2.75, 3.05) is 13.2 Å². The molecule has 0 atom stereocenters. The normalized spacial score (nSPS) is 9.82. The average molecular weight is 244 g/mol. The van der Waals surface area contributed by atoms with Crippen LogP contribution >= 0.6 is 0 Å². The standard InChI is InChI=1S/C11H16O6/c1-3-16-10(14)5-8(9(13)7-12)6-11(15)17-4-2/h7-8H,3-6H2,1-2H3. The molecule has 0 saturated carbocycles. The van der Waals surface area contributed by atoms with Crippen LogP contribution in [0.4, 0.5) is 0 Å². The fourth-order valence-electron chi connectivity index (χ4n) is 1.21. The first-order valence-corrected chi connectivity index (χ1v) is 5.35. The molecule has 0 rings (SSSR count). The van der Waals surface area contributed by atoms with Gasteiger partial charge in [0.25, 0.3) is 0 Å². The van der Waals surface area contributed by atoms with E-state index in [0.29, 0.717) is 0 Å². The summed E-state index contributed by atoms with van der Waals surface area (Å²) in [5.41, 5.74) is 0. The summed E-state index contributed by atoms with van der Waals surface area (Å²) in [5, 5.41) is 0. The van der Waals surface area contributed by atoms with E-state index < -0.39 is 23.6 Å². The van der Waals surface area contributed by atoms with Crippen LogP contribution in [0.3, 0.4) is 0 Å². The lowest BCUT2D eigenvalue weighted by Crippen LogP contribution is -2.24. The van der Waals surface area contributed by atoms with Gasteiger partial charge in [0.1, 0.15) is 0 Å². The highest BCUT2D eigenvalue weighted by molar-refractivity contribution is 6.26. The van der Waals surface area contributed by atoms with E-state index in [1.807, 2.05) is 0 Å². The van der Waals surface area contributed by atoms with Crippen molar-refractivity contribution in [1.82, 2.24) is 0 Å². The Bertz CT molecular complexity index is 276. The molecule has 0 aliphatic carbocycles. The van der Waals surface area contributed by atoms with Crippen LogP contribution in [0.5, 0.6) is 0 Å². The molecule has 0 aromatic rings. The zero-order valence-corrected chi connectivity index (χ0v) is 9.93. The molecule has 0 saturated heterocycles. The molecule has 0 aliphatic heterocycles. The number of carbonyl (C=O) groups is 4. The number of rotatable bonds is 8. The topological polar surface area (TPSA) is 86.7 Å². The van der Waals surface area contributed by atoms with Crippen LogP contribution < -0.4 is 0 Å². The zero-order valence-electron chi connectivity index (χ0n) is 9.93. The fraction of sp³-hybridized carbons (Fsp3) is 0.636. The Labute approximate surface area is 99.3 Å². The fourth-order valence-corrected chi connectivity index (χ4v) is 1.21. The van der Waals surface area contributed by atoms with Crippen molar-refractivity contribution >= 4 is 24.0 Å². The van der Waals surface area contributed by atoms with Gasteiger partial charge in [-0.1, -0.05) is 0 Å². The molecular formula is C11H16O6. The highest BCUT2D eigenvalue weighted by Gasteiger charge is 2.25. The minimum atomic E-state index is -0.995. The number of ketones is 1. The molecule has 6 heteroatoms. The lowest BCUT2D eigenvalue weighted by atomic mass is 9.97. The molecule has 0 aliphatic rings. The highest BCUT2D eigenvalue weighted by Crippen LogP contribution is 2.11. The molecule has 6 nitrogen and oxygen atoms in total. The lowest BCUT2D eigenvalue weighted by Gasteiger charge is -2.11. The zero-order chi connectivity index (χ0) is 13.3. The lowest BCUT2D eigenvalue weighted by molar-refractivity contribution is -0.150. The van der Waals surface area contributed by atoms with E-state index in [1.165, 1.54) is 0 Å². The Kier molecular flexibility index (Phi) is 7.58. The van der Waals surface area contributed by atoms with Gasteiger partial charge in [-0.25, -0.2) is 0 Å². The van der Waals surface area contributed by atoms with Crippen LogP contribution in [0, 0.1) is 5.92 Å². The third kappa shape index (κ3) is 6.44. The van der Waals surface area contributed by atoms with Gasteiger partial charge in [0.2, 0.25) is 0 Å². The number of hydrogen-bond acceptors (Lipinski definition) is 6. The minimum absolute atomic E-state index is 0.100. The molecule has 0 aromatic heterocycles. The Morgan fingerprint density at radius 3 is 1.71 bits per heavy atom. The number of esters is 2. The molecule has 0 heterocycles. The van der Waals surface area contributed by atoms with E-state index in [-0.39, 0.29) is 32.3 Å². The van der Waals surface area contributed by atoms with Crippen molar-refractivity contribution in [2.24, 2.45) is 5.92 Å². The van der Waals surface area contributed by atoms with Gasteiger partial charge in [0, 0.05) is 5.92 Å². The Hall–Kier alpha value is -1.72. The van der Waals surface area contributed by atoms with E-state index in [1.54, 1.807) is 13.8 Å². The highest BCUT2D eigenvalue weighted by atomic mass is 16.5. The quantitative estimate of drug-likeness (QED) is 0.346. The number of ether oxygens (including phenoxy) is 2. The van der Waals surface area contributed by atoms with Crippen LogP contribution in [0.1, 0.15) is 26.7 Å². The summed E-state index contributed by atoms with van der Waals surface area (Å²) in [4.78, 5) is 43.9. The third-order valence-corrected chi connectivity index (χ3v) is 1.96. The predicted octanol–water partition coefficient (Wildman–Crippen LogP) is 0.277. The number of Topliss-reactive ketones (excluding diaryl/α,β-unsaturated/α-hetero) is 1. The van der Waals surface area contributed by atoms with E-state index in [0.717, 1.165) is 0 Å². The largest absolute Gasteiger partial charge is 0.466 e. The maximum atomic E-state index is 11.2. The molecule has 0 amide bonds. The SMILES string of the molecule is CCOC(=O)CC(CC(=O)OCC)C(=O)C=O. The molecule has 96 valence electrons. The van der Waals surface area contributed by atoms with Gasteiger partial charge in [-0.3, -0.25) is 19.2 Å². The molecule has 0 bridgehead atoms. The summed E-state index contributed by atoms with van der Waals surface area (Å²) in [6.07, 6.45) is -0.475. The van der Waals surface area contributed by atoms with Crippen LogP contribution in [0.2, 0.25) is 0 Å². The second-order valence-corrected chi connectivity index (χ2v) is 3.24. The van der Waals surface area contributed by atoms with Gasteiger partial charge in [-0.2, -0.15) is 0 Å². The monoisotopic (exact) mass is 244 g/mol. The first-order valence-electron chi connectivity index (χ1n) is 5.35. The molecular weight excluding hydrogens is 228 g/mol. The summed E-state index contributed by atoms with van der Waals surface area (Å²) >= 11 is 0. The van der Waals surface area contributed by atoms with E-state index >= 15 is 0 Å². The van der Waals surface area contributed by atoms with Crippen LogP contribution in [0.25, 0.3) is 0 Å². The summed E-state index contributed by atoms with van der Waals surface area (Å²) in [6, 6.07) is 0.